The van der Waals surface area contributed by atoms with E-state index in [1.807, 2.05) is 0 Å². The van der Waals surface area contributed by atoms with E-state index in [-0.39, 0.29) is 36.4 Å². The van der Waals surface area contributed by atoms with Crippen LogP contribution in [-0.4, -0.2) is 68.2 Å². The molecule has 0 saturated carbocycles. The normalized spacial score (nSPS) is 22.6. The first-order valence-electron chi connectivity index (χ1n) is 13.5. The van der Waals surface area contributed by atoms with Crippen molar-refractivity contribution in [3.05, 3.63) is 64.2 Å². The number of likely N-dealkylation sites (tertiary alicyclic amines) is 1. The van der Waals surface area contributed by atoms with Crippen molar-refractivity contribution < 1.29 is 18.0 Å². The van der Waals surface area contributed by atoms with Gasteiger partial charge in [-0.3, -0.25) is 9.59 Å². The van der Waals surface area contributed by atoms with Crippen LogP contribution >= 0.6 is 11.6 Å². The second-order valence-corrected chi connectivity index (χ2v) is 12.8. The van der Waals surface area contributed by atoms with E-state index >= 15 is 0 Å². The van der Waals surface area contributed by atoms with E-state index in [0.29, 0.717) is 5.02 Å². The van der Waals surface area contributed by atoms with Gasteiger partial charge >= 0.3 is 0 Å². The van der Waals surface area contributed by atoms with E-state index < -0.39 is 22.0 Å². The van der Waals surface area contributed by atoms with Gasteiger partial charge in [-0.15, -0.1) is 0 Å². The Bertz CT molecular complexity index is 1280. The molecule has 2 N–H and O–H groups in total. The zero-order chi connectivity index (χ0) is 26.7. The first-order chi connectivity index (χ1) is 18.3. The Balaban J connectivity index is 1.26. The van der Waals surface area contributed by atoms with Crippen LogP contribution in [0.15, 0.2) is 47.4 Å². The molecule has 1 aliphatic carbocycles. The van der Waals surface area contributed by atoms with Crippen molar-refractivity contribution in [3.8, 4) is 0 Å². The van der Waals surface area contributed by atoms with E-state index in [4.69, 9.17) is 11.6 Å². The summed E-state index contributed by atoms with van der Waals surface area (Å²) in [6.07, 6.45) is 6.14. The zero-order valence-electron chi connectivity index (χ0n) is 21.5. The van der Waals surface area contributed by atoms with Gasteiger partial charge in [0.25, 0.3) is 0 Å². The highest BCUT2D eigenvalue weighted by atomic mass is 35.5. The minimum absolute atomic E-state index is 0.0451. The summed E-state index contributed by atoms with van der Waals surface area (Å²) in [5, 5.41) is 6.22. The number of rotatable bonds is 8. The fraction of sp³-hybridized carbons (Fsp3) is 0.500. The molecule has 2 fully saturated rings. The fourth-order valence-corrected chi connectivity index (χ4v) is 7.53. The molecule has 38 heavy (non-hydrogen) atoms. The van der Waals surface area contributed by atoms with Crippen LogP contribution in [0.2, 0.25) is 5.02 Å². The van der Waals surface area contributed by atoms with Gasteiger partial charge in [-0.2, -0.15) is 4.31 Å². The third-order valence-electron chi connectivity index (χ3n) is 7.85. The van der Waals surface area contributed by atoms with E-state index in [0.717, 1.165) is 42.1 Å². The van der Waals surface area contributed by atoms with Crippen molar-refractivity contribution >= 4 is 33.4 Å². The highest BCUT2D eigenvalue weighted by Crippen LogP contribution is 2.31. The van der Waals surface area contributed by atoms with Crippen molar-refractivity contribution in [2.75, 3.05) is 32.7 Å². The third kappa shape index (κ3) is 6.06. The smallest absolute Gasteiger partial charge is 0.243 e. The van der Waals surface area contributed by atoms with Crippen LogP contribution in [0.5, 0.6) is 0 Å². The van der Waals surface area contributed by atoms with Gasteiger partial charge in [0.1, 0.15) is 6.04 Å². The molecule has 2 aromatic rings. The molecule has 0 spiro atoms. The number of aryl methyl sites for hydroxylation is 1. The molecule has 8 nitrogen and oxygen atoms in total. The molecule has 3 aliphatic rings. The highest BCUT2D eigenvalue weighted by molar-refractivity contribution is 7.89. The SMILES string of the molecule is O=C(C[C@@H]1C(=O)NCCN1S(=O)(=O)c1ccc(Cl)cc1)N[C@@H]1CCCc2cc(CCN3CCCC3)ccc21. The molecule has 2 amide bonds. The van der Waals surface area contributed by atoms with E-state index in [9.17, 15) is 18.0 Å². The Morgan fingerprint density at radius 3 is 2.58 bits per heavy atom. The Morgan fingerprint density at radius 2 is 1.82 bits per heavy atom. The number of hydrogen-bond acceptors (Lipinski definition) is 5. The summed E-state index contributed by atoms with van der Waals surface area (Å²) < 4.78 is 27.8. The Labute approximate surface area is 229 Å². The van der Waals surface area contributed by atoms with Gasteiger partial charge in [0.05, 0.1) is 17.4 Å². The molecule has 5 rings (SSSR count). The number of benzene rings is 2. The number of sulfonamides is 1. The quantitative estimate of drug-likeness (QED) is 0.519. The summed E-state index contributed by atoms with van der Waals surface area (Å²) in [7, 11) is -3.97. The van der Waals surface area contributed by atoms with Crippen molar-refractivity contribution in [1.29, 1.82) is 0 Å². The van der Waals surface area contributed by atoms with Gasteiger partial charge in [0.15, 0.2) is 0 Å². The van der Waals surface area contributed by atoms with Crippen LogP contribution in [-0.2, 0) is 32.5 Å². The summed E-state index contributed by atoms with van der Waals surface area (Å²) in [5.41, 5.74) is 3.71. The van der Waals surface area contributed by atoms with Crippen LogP contribution in [0.3, 0.4) is 0 Å². The van der Waals surface area contributed by atoms with Gasteiger partial charge in [-0.25, -0.2) is 8.42 Å². The number of hydrogen-bond donors (Lipinski definition) is 2. The lowest BCUT2D eigenvalue weighted by molar-refractivity contribution is -0.132. The maximum atomic E-state index is 13.3. The maximum Gasteiger partial charge on any atom is 0.243 e. The van der Waals surface area contributed by atoms with Crippen molar-refractivity contribution in [1.82, 2.24) is 19.8 Å². The number of amides is 2. The average Bonchev–Trinajstić information content (AvgIpc) is 3.43. The predicted octanol–water partition coefficient (Wildman–Crippen LogP) is 3.05. The molecule has 0 unspecified atom stereocenters. The first kappa shape index (κ1) is 27.1. The van der Waals surface area contributed by atoms with Crippen LogP contribution in [0.4, 0.5) is 0 Å². The average molecular weight is 559 g/mol. The third-order valence-corrected chi connectivity index (χ3v) is 10.0. The molecule has 2 heterocycles. The minimum atomic E-state index is -3.97. The molecule has 10 heteroatoms. The van der Waals surface area contributed by atoms with Crippen LogP contribution in [0.25, 0.3) is 0 Å². The Kier molecular flexibility index (Phi) is 8.38. The molecule has 204 valence electrons. The van der Waals surface area contributed by atoms with Gasteiger partial charge in [-0.1, -0.05) is 29.8 Å². The number of carbonyl (C=O) groups is 2. The lowest BCUT2D eigenvalue weighted by atomic mass is 9.86. The van der Waals surface area contributed by atoms with Gasteiger partial charge < -0.3 is 15.5 Å². The Morgan fingerprint density at radius 1 is 1.05 bits per heavy atom. The summed E-state index contributed by atoms with van der Waals surface area (Å²) >= 11 is 5.92. The molecular formula is C28H35ClN4O4S. The standard InChI is InChI=1S/C28H35ClN4O4S/c29-22-7-9-23(10-8-22)38(36,37)33-17-13-30-28(35)26(33)19-27(34)31-25-5-3-4-21-18-20(6-11-24(21)25)12-16-32-14-1-2-15-32/h6-11,18,25-26H,1-5,12-17,19H2,(H,30,35)(H,31,34)/t25-,26-/m1/s1. The number of nitrogens with zero attached hydrogens (tertiary/aromatic N) is 2. The minimum Gasteiger partial charge on any atom is -0.353 e. The van der Waals surface area contributed by atoms with E-state index in [1.165, 1.54) is 61.3 Å². The van der Waals surface area contributed by atoms with Gasteiger partial charge in [0, 0.05) is 24.7 Å². The number of fused-ring (bicyclic) bond motifs is 1. The monoisotopic (exact) mass is 558 g/mol. The highest BCUT2D eigenvalue weighted by Gasteiger charge is 2.40. The number of nitrogens with one attached hydrogen (secondary N) is 2. The van der Waals surface area contributed by atoms with Crippen LogP contribution < -0.4 is 10.6 Å². The molecule has 2 atom stereocenters. The molecule has 2 saturated heterocycles. The number of piperazine rings is 1. The molecule has 0 bridgehead atoms. The van der Waals surface area contributed by atoms with Crippen LogP contribution in [0, 0.1) is 0 Å². The number of carbonyl (C=O) groups excluding carboxylic acids is 2. The summed E-state index contributed by atoms with van der Waals surface area (Å²) in [4.78, 5) is 28.5. The van der Waals surface area contributed by atoms with Crippen LogP contribution in [0.1, 0.15) is 54.8 Å². The summed E-state index contributed by atoms with van der Waals surface area (Å²) in [5.74, 6) is -0.796. The fourth-order valence-electron chi connectivity index (χ4n) is 5.81. The molecular weight excluding hydrogens is 524 g/mol. The largest absolute Gasteiger partial charge is 0.353 e. The maximum absolute atomic E-state index is 13.3. The van der Waals surface area contributed by atoms with Gasteiger partial charge in [-0.05, 0) is 92.6 Å². The lowest BCUT2D eigenvalue weighted by Crippen LogP contribution is -2.58. The predicted molar refractivity (Wildman–Crippen MR) is 146 cm³/mol. The number of halogens is 1. The second-order valence-electron chi connectivity index (χ2n) is 10.4. The zero-order valence-corrected chi connectivity index (χ0v) is 23.1. The summed E-state index contributed by atoms with van der Waals surface area (Å²) in [6, 6.07) is 11.1. The van der Waals surface area contributed by atoms with Crippen molar-refractivity contribution in [3.63, 3.8) is 0 Å². The molecule has 2 aromatic carbocycles. The molecule has 0 radical (unpaired) electrons. The topological polar surface area (TPSA) is 98.8 Å². The Hall–Kier alpha value is -2.46. The summed E-state index contributed by atoms with van der Waals surface area (Å²) in [6.45, 7) is 3.76. The van der Waals surface area contributed by atoms with Gasteiger partial charge in [0.2, 0.25) is 21.8 Å². The molecule has 0 aromatic heterocycles. The van der Waals surface area contributed by atoms with E-state index in [2.05, 4.69) is 33.7 Å². The first-order valence-corrected chi connectivity index (χ1v) is 15.3. The second kappa shape index (κ2) is 11.7. The van der Waals surface area contributed by atoms with E-state index in [1.54, 1.807) is 0 Å². The molecule has 2 aliphatic heterocycles. The van der Waals surface area contributed by atoms with Crippen molar-refractivity contribution in [2.24, 2.45) is 0 Å². The lowest BCUT2D eigenvalue weighted by Gasteiger charge is -2.34. The van der Waals surface area contributed by atoms with Crippen molar-refractivity contribution in [2.45, 2.75) is 61.9 Å².